The molecule has 0 fully saturated rings. The van der Waals surface area contributed by atoms with Crippen molar-refractivity contribution in [1.29, 1.82) is 0 Å². The Hall–Kier alpha value is -2.95. The summed E-state index contributed by atoms with van der Waals surface area (Å²) in [6.07, 6.45) is 3.70. The Labute approximate surface area is 153 Å². The normalized spacial score (nSPS) is 11.0. The first-order chi connectivity index (χ1) is 12.4. The van der Waals surface area contributed by atoms with E-state index in [0.29, 0.717) is 24.6 Å². The number of amides is 1. The number of phenols is 2. The first-order valence-electron chi connectivity index (χ1n) is 8.63. The molecule has 2 aromatic rings. The molecule has 0 aliphatic heterocycles. The van der Waals surface area contributed by atoms with Gasteiger partial charge in [-0.25, -0.2) is 0 Å². The molecule has 138 valence electrons. The van der Waals surface area contributed by atoms with Gasteiger partial charge in [-0.3, -0.25) is 4.79 Å². The predicted octanol–water partition coefficient (Wildman–Crippen LogP) is 3.50. The van der Waals surface area contributed by atoms with Crippen molar-refractivity contribution in [3.05, 3.63) is 59.7 Å². The van der Waals surface area contributed by atoms with Crippen molar-refractivity contribution in [2.75, 3.05) is 13.2 Å². The summed E-state index contributed by atoms with van der Waals surface area (Å²) in [5.41, 5.74) is 1.75. The molecule has 0 aromatic heterocycles. The predicted molar refractivity (Wildman–Crippen MR) is 102 cm³/mol. The number of nitrogens with one attached hydrogen (secondary N) is 1. The molecule has 2 aromatic carbocycles. The second-order valence-electron chi connectivity index (χ2n) is 6.47. The number of phenolic OH excluding ortho intramolecular Hbond substituents is 2. The van der Waals surface area contributed by atoms with Gasteiger partial charge in [0.25, 0.3) is 0 Å². The molecule has 0 atom stereocenters. The summed E-state index contributed by atoms with van der Waals surface area (Å²) in [4.78, 5) is 11.8. The van der Waals surface area contributed by atoms with Gasteiger partial charge in [0, 0.05) is 12.6 Å². The molecule has 0 aliphatic carbocycles. The highest BCUT2D eigenvalue weighted by Gasteiger charge is 2.01. The number of rotatable bonds is 8. The average Bonchev–Trinajstić information content (AvgIpc) is 2.62. The van der Waals surface area contributed by atoms with Gasteiger partial charge < -0.3 is 20.3 Å². The van der Waals surface area contributed by atoms with Crippen molar-refractivity contribution in [2.24, 2.45) is 5.92 Å². The lowest BCUT2D eigenvalue weighted by Crippen LogP contribution is -2.23. The minimum absolute atomic E-state index is 0.188. The van der Waals surface area contributed by atoms with Crippen molar-refractivity contribution in [3.8, 4) is 17.2 Å². The van der Waals surface area contributed by atoms with E-state index in [1.54, 1.807) is 12.1 Å². The van der Waals surface area contributed by atoms with Gasteiger partial charge in [0.15, 0.2) is 11.5 Å². The minimum Gasteiger partial charge on any atom is -0.504 e. The van der Waals surface area contributed by atoms with Crippen LogP contribution in [-0.4, -0.2) is 29.3 Å². The van der Waals surface area contributed by atoms with Crippen LogP contribution in [-0.2, 0) is 11.2 Å². The molecule has 3 N–H and O–H groups in total. The van der Waals surface area contributed by atoms with Crippen molar-refractivity contribution < 1.29 is 19.7 Å². The Morgan fingerprint density at radius 3 is 2.50 bits per heavy atom. The van der Waals surface area contributed by atoms with E-state index in [1.165, 1.54) is 18.2 Å². The Kier molecular flexibility index (Phi) is 7.09. The molecule has 0 saturated heterocycles. The van der Waals surface area contributed by atoms with Crippen molar-refractivity contribution in [1.82, 2.24) is 5.32 Å². The standard InChI is InChI=1S/C21H25NO4/c1-15(2)14-26-18-7-3-16(4-8-18)11-12-22-21(25)10-6-17-5-9-19(23)20(24)13-17/h3-10,13,15,23-24H,11-12,14H2,1-2H3,(H,22,25)/b10-6+. The molecule has 0 spiro atoms. The molecule has 1 amide bonds. The fraction of sp³-hybridized carbons (Fsp3) is 0.286. The Balaban J connectivity index is 1.75. The lowest BCUT2D eigenvalue weighted by Gasteiger charge is -2.09. The van der Waals surface area contributed by atoms with Crippen molar-refractivity contribution >= 4 is 12.0 Å². The summed E-state index contributed by atoms with van der Waals surface area (Å²) in [7, 11) is 0. The first-order valence-corrected chi connectivity index (χ1v) is 8.63. The zero-order valence-electron chi connectivity index (χ0n) is 15.1. The fourth-order valence-corrected chi connectivity index (χ4v) is 2.22. The summed E-state index contributed by atoms with van der Waals surface area (Å²) in [5, 5.41) is 21.5. The fourth-order valence-electron chi connectivity index (χ4n) is 2.22. The van der Waals surface area contributed by atoms with Crippen LogP contribution in [0.15, 0.2) is 48.5 Å². The molecule has 2 rings (SSSR count). The Bertz CT molecular complexity index is 751. The number of carbonyl (C=O) groups is 1. The van der Waals surface area contributed by atoms with Gasteiger partial charge in [-0.15, -0.1) is 0 Å². The van der Waals surface area contributed by atoms with Crippen molar-refractivity contribution in [2.45, 2.75) is 20.3 Å². The molecule has 0 radical (unpaired) electrons. The summed E-state index contributed by atoms with van der Waals surface area (Å²) < 4.78 is 5.64. The molecule has 0 saturated carbocycles. The summed E-state index contributed by atoms with van der Waals surface area (Å²) in [6.45, 7) is 5.43. The summed E-state index contributed by atoms with van der Waals surface area (Å²) in [6, 6.07) is 12.3. The van der Waals surface area contributed by atoms with Crippen LogP contribution >= 0.6 is 0 Å². The van der Waals surface area contributed by atoms with Crippen LogP contribution in [0.1, 0.15) is 25.0 Å². The minimum atomic E-state index is -0.214. The van der Waals surface area contributed by atoms with Crippen LogP contribution in [0.2, 0.25) is 0 Å². The quantitative estimate of drug-likeness (QED) is 0.500. The SMILES string of the molecule is CC(C)COc1ccc(CCNC(=O)/C=C/c2ccc(O)c(O)c2)cc1. The van der Waals surface area contributed by atoms with Gasteiger partial charge in [-0.2, -0.15) is 0 Å². The molecule has 0 heterocycles. The first kappa shape index (κ1) is 19.4. The lowest BCUT2D eigenvalue weighted by molar-refractivity contribution is -0.116. The summed E-state index contributed by atoms with van der Waals surface area (Å²) >= 11 is 0. The van der Waals surface area contributed by atoms with Gasteiger partial charge in [-0.1, -0.05) is 32.0 Å². The highest BCUT2D eigenvalue weighted by atomic mass is 16.5. The van der Waals surface area contributed by atoms with E-state index >= 15 is 0 Å². The maximum absolute atomic E-state index is 11.8. The van der Waals surface area contributed by atoms with Gasteiger partial charge >= 0.3 is 0 Å². The maximum Gasteiger partial charge on any atom is 0.244 e. The van der Waals surface area contributed by atoms with Crippen LogP contribution in [0, 0.1) is 5.92 Å². The number of carbonyl (C=O) groups excluding carboxylic acids is 1. The third-order valence-electron chi connectivity index (χ3n) is 3.65. The maximum atomic E-state index is 11.8. The topological polar surface area (TPSA) is 78.8 Å². The van der Waals surface area contributed by atoms with Crippen LogP contribution < -0.4 is 10.1 Å². The van der Waals surface area contributed by atoms with E-state index in [-0.39, 0.29) is 17.4 Å². The molecule has 0 bridgehead atoms. The Morgan fingerprint density at radius 1 is 1.12 bits per heavy atom. The van der Waals surface area contributed by atoms with Gasteiger partial charge in [0.2, 0.25) is 5.91 Å². The van der Waals surface area contributed by atoms with Crippen LogP contribution in [0.3, 0.4) is 0 Å². The second-order valence-corrected chi connectivity index (χ2v) is 6.47. The molecule has 5 nitrogen and oxygen atoms in total. The van der Waals surface area contributed by atoms with E-state index in [1.807, 2.05) is 24.3 Å². The third kappa shape index (κ3) is 6.51. The largest absolute Gasteiger partial charge is 0.504 e. The Morgan fingerprint density at radius 2 is 1.85 bits per heavy atom. The van der Waals surface area contributed by atoms with E-state index in [2.05, 4.69) is 19.2 Å². The molecular formula is C21H25NO4. The third-order valence-corrected chi connectivity index (χ3v) is 3.65. The number of benzene rings is 2. The van der Waals surface area contributed by atoms with E-state index < -0.39 is 0 Å². The van der Waals surface area contributed by atoms with Crippen molar-refractivity contribution in [3.63, 3.8) is 0 Å². The average molecular weight is 355 g/mol. The smallest absolute Gasteiger partial charge is 0.244 e. The molecule has 26 heavy (non-hydrogen) atoms. The van der Waals surface area contributed by atoms with E-state index in [9.17, 15) is 15.0 Å². The van der Waals surface area contributed by atoms with Gasteiger partial charge in [0.1, 0.15) is 5.75 Å². The highest BCUT2D eigenvalue weighted by molar-refractivity contribution is 5.91. The summed E-state index contributed by atoms with van der Waals surface area (Å²) in [5.74, 6) is 0.727. The van der Waals surface area contributed by atoms with Crippen LogP contribution in [0.5, 0.6) is 17.2 Å². The zero-order chi connectivity index (χ0) is 18.9. The highest BCUT2D eigenvalue weighted by Crippen LogP contribution is 2.25. The van der Waals surface area contributed by atoms with E-state index in [4.69, 9.17) is 4.74 Å². The second kappa shape index (κ2) is 9.51. The number of ether oxygens (including phenoxy) is 1. The molecule has 0 unspecified atom stereocenters. The zero-order valence-corrected chi connectivity index (χ0v) is 15.1. The monoisotopic (exact) mass is 355 g/mol. The lowest BCUT2D eigenvalue weighted by atomic mass is 10.1. The van der Waals surface area contributed by atoms with E-state index in [0.717, 1.165) is 17.7 Å². The molecule has 5 heteroatoms. The van der Waals surface area contributed by atoms with Crippen LogP contribution in [0.4, 0.5) is 0 Å². The van der Waals surface area contributed by atoms with Gasteiger partial charge in [-0.05, 0) is 53.8 Å². The number of hydrogen-bond acceptors (Lipinski definition) is 4. The molecule has 0 aliphatic rings. The van der Waals surface area contributed by atoms with Gasteiger partial charge in [0.05, 0.1) is 6.61 Å². The number of aromatic hydroxyl groups is 2. The van der Waals surface area contributed by atoms with Crippen LogP contribution in [0.25, 0.3) is 6.08 Å². The number of hydrogen-bond donors (Lipinski definition) is 3. The molecular weight excluding hydrogens is 330 g/mol.